The zero-order valence-electron chi connectivity index (χ0n) is 15.2. The van der Waals surface area contributed by atoms with Crippen molar-refractivity contribution in [3.8, 4) is 5.75 Å². The van der Waals surface area contributed by atoms with Gasteiger partial charge in [-0.05, 0) is 45.0 Å². The lowest BCUT2D eigenvalue weighted by Gasteiger charge is -2.20. The lowest BCUT2D eigenvalue weighted by Crippen LogP contribution is -2.27. The molecule has 0 radical (unpaired) electrons. The van der Waals surface area contributed by atoms with Crippen LogP contribution in [-0.2, 0) is 4.74 Å². The fourth-order valence-electron chi connectivity index (χ4n) is 2.46. The number of furan rings is 1. The number of carbonyl (C=O) groups is 2. The number of aromatic hydroxyl groups is 1. The summed E-state index contributed by atoms with van der Waals surface area (Å²) < 4.78 is 10.7. The molecule has 0 unspecified atom stereocenters. The van der Waals surface area contributed by atoms with E-state index in [9.17, 15) is 14.7 Å². The summed E-state index contributed by atoms with van der Waals surface area (Å²) in [6.45, 7) is 5.28. The molecule has 140 valence electrons. The molecular weight excluding hydrogens is 348 g/mol. The maximum absolute atomic E-state index is 12.5. The van der Waals surface area contributed by atoms with Gasteiger partial charge in [0.15, 0.2) is 17.1 Å². The first-order valence-corrected chi connectivity index (χ1v) is 8.35. The molecule has 1 aromatic heterocycles. The summed E-state index contributed by atoms with van der Waals surface area (Å²) in [6, 6.07) is 13.1. The Kier molecular flexibility index (Phi) is 4.77. The molecule has 2 amide bonds. The van der Waals surface area contributed by atoms with Gasteiger partial charge in [-0.2, -0.15) is 0 Å². The average molecular weight is 368 g/mol. The smallest absolute Gasteiger partial charge is 0.412 e. The Morgan fingerprint density at radius 2 is 1.67 bits per heavy atom. The molecule has 3 N–H and O–H groups in total. The number of anilines is 2. The van der Waals surface area contributed by atoms with E-state index in [1.54, 1.807) is 57.2 Å². The highest BCUT2D eigenvalue weighted by atomic mass is 16.6. The Bertz CT molecular complexity index is 1000. The summed E-state index contributed by atoms with van der Waals surface area (Å²) >= 11 is 0. The summed E-state index contributed by atoms with van der Waals surface area (Å²) in [4.78, 5) is 24.5. The average Bonchev–Trinajstić information content (AvgIpc) is 3.01. The van der Waals surface area contributed by atoms with Gasteiger partial charge in [0.05, 0.1) is 11.4 Å². The van der Waals surface area contributed by atoms with Crippen LogP contribution in [0, 0.1) is 0 Å². The summed E-state index contributed by atoms with van der Waals surface area (Å²) in [7, 11) is 0. The van der Waals surface area contributed by atoms with E-state index < -0.39 is 17.6 Å². The van der Waals surface area contributed by atoms with E-state index in [4.69, 9.17) is 9.15 Å². The van der Waals surface area contributed by atoms with Gasteiger partial charge < -0.3 is 19.6 Å². The van der Waals surface area contributed by atoms with Gasteiger partial charge in [-0.25, -0.2) is 4.79 Å². The highest BCUT2D eigenvalue weighted by Gasteiger charge is 2.19. The predicted molar refractivity (Wildman–Crippen MR) is 102 cm³/mol. The van der Waals surface area contributed by atoms with E-state index in [1.807, 2.05) is 0 Å². The first kappa shape index (κ1) is 18.3. The van der Waals surface area contributed by atoms with Crippen LogP contribution in [-0.4, -0.2) is 22.7 Å². The highest BCUT2D eigenvalue weighted by Crippen LogP contribution is 2.29. The number of benzene rings is 2. The highest BCUT2D eigenvalue weighted by molar-refractivity contribution is 6.07. The fourth-order valence-corrected chi connectivity index (χ4v) is 2.46. The lowest BCUT2D eigenvalue weighted by atomic mass is 10.2. The Labute approximate surface area is 155 Å². The number of carbonyl (C=O) groups excluding carboxylic acids is 2. The van der Waals surface area contributed by atoms with Crippen molar-refractivity contribution in [3.05, 3.63) is 54.3 Å². The maximum Gasteiger partial charge on any atom is 0.412 e. The zero-order chi connectivity index (χ0) is 19.6. The molecule has 27 heavy (non-hydrogen) atoms. The first-order chi connectivity index (χ1) is 12.7. The van der Waals surface area contributed by atoms with Crippen LogP contribution < -0.4 is 10.6 Å². The Morgan fingerprint density at radius 3 is 2.30 bits per heavy atom. The molecule has 7 heteroatoms. The quantitative estimate of drug-likeness (QED) is 0.620. The topological polar surface area (TPSA) is 101 Å². The number of amides is 2. The van der Waals surface area contributed by atoms with E-state index in [1.165, 1.54) is 12.1 Å². The third kappa shape index (κ3) is 4.38. The van der Waals surface area contributed by atoms with Gasteiger partial charge in [0.1, 0.15) is 5.60 Å². The molecule has 7 nitrogen and oxygen atoms in total. The van der Waals surface area contributed by atoms with E-state index in [0.29, 0.717) is 16.8 Å². The number of nitrogens with one attached hydrogen (secondary N) is 2. The number of rotatable bonds is 3. The molecule has 0 fully saturated rings. The van der Waals surface area contributed by atoms with E-state index in [-0.39, 0.29) is 17.1 Å². The SMILES string of the molecule is CC(C)(C)OC(=O)Nc1ccccc1NC(=O)c1cc2cccc(O)c2o1. The number of phenols is 1. The molecule has 0 atom stereocenters. The Hall–Kier alpha value is -3.48. The minimum Gasteiger partial charge on any atom is -0.504 e. The molecule has 0 saturated heterocycles. The van der Waals surface area contributed by atoms with Crippen molar-refractivity contribution in [3.63, 3.8) is 0 Å². The molecule has 0 aliphatic carbocycles. The van der Waals surface area contributed by atoms with Crippen LogP contribution in [0.4, 0.5) is 16.2 Å². The van der Waals surface area contributed by atoms with Crippen LogP contribution in [0.15, 0.2) is 52.9 Å². The second kappa shape index (κ2) is 7.03. The second-order valence-electron chi connectivity index (χ2n) is 6.93. The fraction of sp³-hybridized carbons (Fsp3) is 0.200. The molecule has 0 spiro atoms. The number of hydrogen-bond donors (Lipinski definition) is 3. The molecule has 0 saturated carbocycles. The number of hydrogen-bond acceptors (Lipinski definition) is 5. The maximum atomic E-state index is 12.5. The largest absolute Gasteiger partial charge is 0.504 e. The number of para-hydroxylation sites is 3. The predicted octanol–water partition coefficient (Wildman–Crippen LogP) is 4.74. The van der Waals surface area contributed by atoms with Gasteiger partial charge in [-0.1, -0.05) is 24.3 Å². The minimum absolute atomic E-state index is 0.0403. The van der Waals surface area contributed by atoms with Crippen molar-refractivity contribution in [2.24, 2.45) is 0 Å². The Balaban J connectivity index is 1.79. The van der Waals surface area contributed by atoms with Crippen molar-refractivity contribution in [1.29, 1.82) is 0 Å². The molecule has 2 aromatic carbocycles. The third-order valence-corrected chi connectivity index (χ3v) is 3.56. The molecule has 3 aromatic rings. The summed E-state index contributed by atoms with van der Waals surface area (Å²) in [6.07, 6.45) is -0.627. The van der Waals surface area contributed by atoms with Gasteiger partial charge in [0.2, 0.25) is 0 Å². The summed E-state index contributed by atoms with van der Waals surface area (Å²) in [5.41, 5.74) is 0.373. The number of ether oxygens (including phenoxy) is 1. The van der Waals surface area contributed by atoms with E-state index >= 15 is 0 Å². The van der Waals surface area contributed by atoms with Gasteiger partial charge in [0, 0.05) is 5.39 Å². The molecule has 3 rings (SSSR count). The monoisotopic (exact) mass is 368 g/mol. The lowest BCUT2D eigenvalue weighted by molar-refractivity contribution is 0.0635. The van der Waals surface area contributed by atoms with Crippen molar-refractivity contribution in [2.45, 2.75) is 26.4 Å². The minimum atomic E-state index is -0.640. The first-order valence-electron chi connectivity index (χ1n) is 8.35. The van der Waals surface area contributed by atoms with Crippen LogP contribution in [0.2, 0.25) is 0 Å². The third-order valence-electron chi connectivity index (χ3n) is 3.56. The van der Waals surface area contributed by atoms with Crippen LogP contribution in [0.25, 0.3) is 11.0 Å². The normalized spacial score (nSPS) is 11.2. The van der Waals surface area contributed by atoms with Crippen LogP contribution in [0.1, 0.15) is 31.3 Å². The van der Waals surface area contributed by atoms with Gasteiger partial charge >= 0.3 is 6.09 Å². The molecule has 0 aliphatic rings. The van der Waals surface area contributed by atoms with Crippen molar-refractivity contribution in [1.82, 2.24) is 0 Å². The molecule has 1 heterocycles. The van der Waals surface area contributed by atoms with Gasteiger partial charge in [-0.3, -0.25) is 10.1 Å². The van der Waals surface area contributed by atoms with Crippen molar-refractivity contribution in [2.75, 3.05) is 10.6 Å². The van der Waals surface area contributed by atoms with Crippen LogP contribution in [0.3, 0.4) is 0 Å². The number of phenolic OH excluding ortho intramolecular Hbond substituents is 1. The van der Waals surface area contributed by atoms with Crippen LogP contribution >= 0.6 is 0 Å². The van der Waals surface area contributed by atoms with Crippen molar-refractivity contribution < 1.29 is 23.8 Å². The van der Waals surface area contributed by atoms with Gasteiger partial charge in [0.25, 0.3) is 5.91 Å². The van der Waals surface area contributed by atoms with E-state index in [2.05, 4.69) is 10.6 Å². The zero-order valence-corrected chi connectivity index (χ0v) is 15.2. The summed E-state index contributed by atoms with van der Waals surface area (Å²) in [5.74, 6) is -0.513. The molecule has 0 aliphatic heterocycles. The Morgan fingerprint density at radius 1 is 1.00 bits per heavy atom. The summed E-state index contributed by atoms with van der Waals surface area (Å²) in [5, 5.41) is 15.7. The molecule has 0 bridgehead atoms. The number of fused-ring (bicyclic) bond motifs is 1. The van der Waals surface area contributed by atoms with Gasteiger partial charge in [-0.15, -0.1) is 0 Å². The van der Waals surface area contributed by atoms with Crippen molar-refractivity contribution >= 4 is 34.3 Å². The standard InChI is InChI=1S/C20H20N2O5/c1-20(2,3)27-19(25)22-14-9-5-4-8-13(14)21-18(24)16-11-12-7-6-10-15(23)17(12)26-16/h4-11,23H,1-3H3,(H,21,24)(H,22,25). The molecular formula is C20H20N2O5. The van der Waals surface area contributed by atoms with E-state index in [0.717, 1.165) is 0 Å². The second-order valence-corrected chi connectivity index (χ2v) is 6.93. The van der Waals surface area contributed by atoms with Crippen LogP contribution in [0.5, 0.6) is 5.75 Å².